The SMILES string of the molecule is COc1cc(Cc2cnc(N)nc2N)cc(C#Cc2ccc(O)c(C(=O)NC3CC3)c2)c1OC. The molecule has 0 radical (unpaired) electrons. The molecule has 0 aliphatic heterocycles. The summed E-state index contributed by atoms with van der Waals surface area (Å²) in [5, 5.41) is 13.0. The molecule has 0 spiro atoms. The number of nitrogen functional groups attached to an aromatic ring is 2. The molecule has 9 nitrogen and oxygen atoms in total. The van der Waals surface area contributed by atoms with Gasteiger partial charge in [0.15, 0.2) is 11.5 Å². The van der Waals surface area contributed by atoms with Crippen LogP contribution in [0.2, 0.25) is 0 Å². The molecule has 1 aliphatic carbocycles. The monoisotopic (exact) mass is 459 g/mol. The number of hydrogen-bond donors (Lipinski definition) is 4. The molecule has 2 aromatic carbocycles. The second-order valence-electron chi connectivity index (χ2n) is 7.92. The molecule has 1 saturated carbocycles. The minimum absolute atomic E-state index is 0.0896. The van der Waals surface area contributed by atoms with Gasteiger partial charge in [0, 0.05) is 29.8 Å². The van der Waals surface area contributed by atoms with E-state index >= 15 is 0 Å². The minimum Gasteiger partial charge on any atom is -0.507 e. The van der Waals surface area contributed by atoms with E-state index in [1.54, 1.807) is 25.4 Å². The maximum absolute atomic E-state index is 12.4. The first-order valence-electron chi connectivity index (χ1n) is 10.7. The molecule has 1 heterocycles. The average Bonchev–Trinajstić information content (AvgIpc) is 3.63. The molecule has 0 saturated heterocycles. The summed E-state index contributed by atoms with van der Waals surface area (Å²) < 4.78 is 11.0. The molecule has 1 aromatic heterocycles. The Hall–Kier alpha value is -4.45. The Morgan fingerprint density at radius 1 is 1.18 bits per heavy atom. The fraction of sp³-hybridized carbons (Fsp3) is 0.240. The van der Waals surface area contributed by atoms with Gasteiger partial charge in [-0.2, -0.15) is 4.98 Å². The highest BCUT2D eigenvalue weighted by atomic mass is 16.5. The van der Waals surface area contributed by atoms with Crippen molar-refractivity contribution in [3.05, 3.63) is 64.3 Å². The number of nitrogens with zero attached hydrogens (tertiary/aromatic N) is 2. The minimum atomic E-state index is -0.312. The third-order valence-electron chi connectivity index (χ3n) is 5.35. The number of carbonyl (C=O) groups is 1. The number of aromatic hydroxyl groups is 1. The van der Waals surface area contributed by atoms with Crippen molar-refractivity contribution in [2.45, 2.75) is 25.3 Å². The summed E-state index contributed by atoms with van der Waals surface area (Å²) in [6.45, 7) is 0. The molecule has 34 heavy (non-hydrogen) atoms. The molecule has 4 rings (SSSR count). The van der Waals surface area contributed by atoms with E-state index in [9.17, 15) is 9.90 Å². The molecule has 1 aliphatic rings. The van der Waals surface area contributed by atoms with Gasteiger partial charge in [-0.25, -0.2) is 4.98 Å². The maximum atomic E-state index is 12.4. The van der Waals surface area contributed by atoms with Gasteiger partial charge in [-0.15, -0.1) is 0 Å². The van der Waals surface area contributed by atoms with E-state index in [4.69, 9.17) is 20.9 Å². The zero-order valence-corrected chi connectivity index (χ0v) is 18.9. The lowest BCUT2D eigenvalue weighted by Gasteiger charge is -2.13. The van der Waals surface area contributed by atoms with Crippen LogP contribution in [0.1, 0.15) is 45.5 Å². The number of ether oxygens (including phenoxy) is 2. The summed E-state index contributed by atoms with van der Waals surface area (Å²) >= 11 is 0. The van der Waals surface area contributed by atoms with Crippen molar-refractivity contribution in [3.8, 4) is 29.1 Å². The van der Waals surface area contributed by atoms with Crippen molar-refractivity contribution >= 4 is 17.7 Å². The fourth-order valence-electron chi connectivity index (χ4n) is 3.43. The summed E-state index contributed by atoms with van der Waals surface area (Å²) in [6.07, 6.45) is 3.94. The van der Waals surface area contributed by atoms with Crippen LogP contribution in [0, 0.1) is 11.8 Å². The number of nitrogens with one attached hydrogen (secondary N) is 1. The van der Waals surface area contributed by atoms with E-state index in [0.29, 0.717) is 40.4 Å². The van der Waals surface area contributed by atoms with E-state index in [-0.39, 0.29) is 29.2 Å². The van der Waals surface area contributed by atoms with Crippen molar-refractivity contribution in [3.63, 3.8) is 0 Å². The van der Waals surface area contributed by atoms with Crippen molar-refractivity contribution in [2.75, 3.05) is 25.7 Å². The quantitative estimate of drug-likeness (QED) is 0.411. The second kappa shape index (κ2) is 9.58. The third kappa shape index (κ3) is 5.13. The van der Waals surface area contributed by atoms with E-state index in [0.717, 1.165) is 18.4 Å². The van der Waals surface area contributed by atoms with Gasteiger partial charge in [0.25, 0.3) is 5.91 Å². The summed E-state index contributed by atoms with van der Waals surface area (Å²) in [5.74, 6) is 7.14. The number of nitrogens with two attached hydrogens (primary N) is 2. The van der Waals surface area contributed by atoms with E-state index in [2.05, 4.69) is 27.1 Å². The molecule has 1 fully saturated rings. The standard InChI is InChI=1S/C25H25N5O4/c1-33-21-12-15(10-17-13-28-25(27)30-23(17)26)9-16(22(21)34-2)5-3-14-4-8-20(31)19(11-14)24(32)29-18-6-7-18/h4,8-9,11-13,18,31H,6-7,10H2,1-2H3,(H,29,32)(H4,26,27,28,30). The number of aromatic nitrogens is 2. The van der Waals surface area contributed by atoms with Crippen molar-refractivity contribution in [2.24, 2.45) is 0 Å². The first-order valence-corrected chi connectivity index (χ1v) is 10.7. The van der Waals surface area contributed by atoms with Crippen LogP contribution in [0.4, 0.5) is 11.8 Å². The number of hydrogen-bond acceptors (Lipinski definition) is 8. The van der Waals surface area contributed by atoms with Gasteiger partial charge < -0.3 is 31.4 Å². The highest BCUT2D eigenvalue weighted by Crippen LogP contribution is 2.33. The Morgan fingerprint density at radius 3 is 2.65 bits per heavy atom. The van der Waals surface area contributed by atoms with Crippen molar-refractivity contribution in [1.29, 1.82) is 0 Å². The van der Waals surface area contributed by atoms with Gasteiger partial charge in [-0.05, 0) is 48.7 Å². The molecule has 0 bridgehead atoms. The van der Waals surface area contributed by atoms with E-state index in [1.165, 1.54) is 13.2 Å². The molecule has 0 atom stereocenters. The van der Waals surface area contributed by atoms with Crippen LogP contribution in [-0.2, 0) is 6.42 Å². The Kier molecular flexibility index (Phi) is 6.41. The summed E-state index contributed by atoms with van der Waals surface area (Å²) in [6, 6.07) is 8.56. The largest absolute Gasteiger partial charge is 0.507 e. The zero-order chi connectivity index (χ0) is 24.2. The van der Waals surface area contributed by atoms with Gasteiger partial charge >= 0.3 is 0 Å². The van der Waals surface area contributed by atoms with Gasteiger partial charge in [0.2, 0.25) is 5.95 Å². The summed E-state index contributed by atoms with van der Waals surface area (Å²) in [5.41, 5.74) is 14.5. The van der Waals surface area contributed by atoms with Crippen LogP contribution < -0.4 is 26.3 Å². The Bertz CT molecular complexity index is 1310. The number of carbonyl (C=O) groups excluding carboxylic acids is 1. The first kappa shape index (κ1) is 22.7. The molecule has 6 N–H and O–H groups in total. The van der Waals surface area contributed by atoms with Crippen LogP contribution in [0.15, 0.2) is 36.5 Å². The van der Waals surface area contributed by atoms with Crippen LogP contribution in [0.3, 0.4) is 0 Å². The normalized spacial score (nSPS) is 12.4. The van der Waals surface area contributed by atoms with Gasteiger partial charge in [-0.1, -0.05) is 11.8 Å². The number of phenols is 1. The Labute approximate surface area is 197 Å². The second-order valence-corrected chi connectivity index (χ2v) is 7.92. The van der Waals surface area contributed by atoms with E-state index < -0.39 is 0 Å². The molecule has 1 amide bonds. The van der Waals surface area contributed by atoms with Gasteiger partial charge in [0.05, 0.1) is 25.3 Å². The van der Waals surface area contributed by atoms with Crippen LogP contribution >= 0.6 is 0 Å². The van der Waals surface area contributed by atoms with Crippen LogP contribution in [0.5, 0.6) is 17.2 Å². The first-order chi connectivity index (χ1) is 16.4. The lowest BCUT2D eigenvalue weighted by Crippen LogP contribution is -2.25. The molecule has 3 aromatic rings. The third-order valence-corrected chi connectivity index (χ3v) is 5.35. The average molecular weight is 460 g/mol. The number of anilines is 2. The zero-order valence-electron chi connectivity index (χ0n) is 18.9. The Balaban J connectivity index is 1.67. The molecule has 9 heteroatoms. The topological polar surface area (TPSA) is 146 Å². The Morgan fingerprint density at radius 2 is 1.97 bits per heavy atom. The predicted octanol–water partition coefficient (Wildman–Crippen LogP) is 2.25. The maximum Gasteiger partial charge on any atom is 0.255 e. The number of amides is 1. The lowest BCUT2D eigenvalue weighted by atomic mass is 10.0. The fourth-order valence-corrected chi connectivity index (χ4v) is 3.43. The van der Waals surface area contributed by atoms with Crippen LogP contribution in [0.25, 0.3) is 0 Å². The highest BCUT2D eigenvalue weighted by molar-refractivity contribution is 5.97. The van der Waals surface area contributed by atoms with E-state index in [1.807, 2.05) is 12.1 Å². The predicted molar refractivity (Wildman–Crippen MR) is 128 cm³/mol. The van der Waals surface area contributed by atoms with Gasteiger partial charge in [-0.3, -0.25) is 4.79 Å². The van der Waals surface area contributed by atoms with Gasteiger partial charge in [0.1, 0.15) is 11.6 Å². The number of rotatable bonds is 6. The highest BCUT2D eigenvalue weighted by Gasteiger charge is 2.25. The molecular formula is C25H25N5O4. The number of phenolic OH excluding ortho intramolecular Hbond substituents is 1. The van der Waals surface area contributed by atoms with Crippen molar-refractivity contribution in [1.82, 2.24) is 15.3 Å². The molecular weight excluding hydrogens is 434 g/mol. The number of methoxy groups -OCH3 is 2. The van der Waals surface area contributed by atoms with Crippen LogP contribution in [-0.4, -0.2) is 41.2 Å². The summed E-state index contributed by atoms with van der Waals surface area (Å²) in [7, 11) is 3.08. The summed E-state index contributed by atoms with van der Waals surface area (Å²) in [4.78, 5) is 20.4. The smallest absolute Gasteiger partial charge is 0.255 e. The number of benzene rings is 2. The lowest BCUT2D eigenvalue weighted by molar-refractivity contribution is 0.0948. The molecule has 174 valence electrons. The molecule has 0 unspecified atom stereocenters. The van der Waals surface area contributed by atoms with Crippen molar-refractivity contribution < 1.29 is 19.4 Å².